The molecule has 0 aromatic rings. The molecule has 0 unspecified atom stereocenters. The number of ether oxygens (including phenoxy) is 7. The van der Waals surface area contributed by atoms with E-state index >= 15 is 0 Å². The van der Waals surface area contributed by atoms with Crippen LogP contribution in [0.5, 0.6) is 0 Å². The first-order valence-electron chi connectivity index (χ1n) is 9.78. The average molecular weight is 418 g/mol. The number of rotatable bonds is 20. The second-order valence-electron chi connectivity index (χ2n) is 5.86. The van der Waals surface area contributed by atoms with Crippen molar-refractivity contribution < 1.29 is 33.2 Å². The Morgan fingerprint density at radius 2 is 1.31 bits per heavy atom. The SMILES string of the molecule is C=C/C(OC)=C(OCCOCCOCCN(CCOC)CCOC)\C(=C/C)OC. The van der Waals surface area contributed by atoms with E-state index in [1.807, 2.05) is 6.92 Å². The average Bonchev–Trinajstić information content (AvgIpc) is 2.74. The summed E-state index contributed by atoms with van der Waals surface area (Å²) in [7, 11) is 6.54. The first kappa shape index (κ1) is 27.4. The Balaban J connectivity index is 4.02. The Morgan fingerprint density at radius 1 is 0.759 bits per heavy atom. The van der Waals surface area contributed by atoms with Gasteiger partial charge in [-0.3, -0.25) is 4.90 Å². The third kappa shape index (κ3) is 13.3. The topological polar surface area (TPSA) is 67.9 Å². The summed E-state index contributed by atoms with van der Waals surface area (Å²) >= 11 is 0. The van der Waals surface area contributed by atoms with Crippen LogP contribution in [-0.2, 0) is 33.2 Å². The van der Waals surface area contributed by atoms with E-state index in [9.17, 15) is 0 Å². The van der Waals surface area contributed by atoms with E-state index in [1.165, 1.54) is 0 Å². The van der Waals surface area contributed by atoms with E-state index in [1.54, 1.807) is 40.6 Å². The Bertz CT molecular complexity index is 458. The molecule has 8 heteroatoms. The van der Waals surface area contributed by atoms with Crippen LogP contribution in [0.1, 0.15) is 6.92 Å². The predicted octanol–water partition coefficient (Wildman–Crippen LogP) is 2.23. The molecule has 0 N–H and O–H groups in total. The summed E-state index contributed by atoms with van der Waals surface area (Å²) in [5.41, 5.74) is 0. The number of nitrogens with zero attached hydrogens (tertiary/aromatic N) is 1. The Hall–Kier alpha value is -1.58. The van der Waals surface area contributed by atoms with Crippen LogP contribution in [0.15, 0.2) is 36.0 Å². The van der Waals surface area contributed by atoms with E-state index in [4.69, 9.17) is 33.2 Å². The first-order valence-corrected chi connectivity index (χ1v) is 9.78. The molecular formula is C21H39NO7. The van der Waals surface area contributed by atoms with Gasteiger partial charge < -0.3 is 33.2 Å². The second kappa shape index (κ2) is 19.7. The summed E-state index contributed by atoms with van der Waals surface area (Å²) in [6.07, 6.45) is 3.38. The minimum atomic E-state index is 0.360. The lowest BCUT2D eigenvalue weighted by atomic mass is 10.3. The van der Waals surface area contributed by atoms with Crippen molar-refractivity contribution in [2.45, 2.75) is 6.92 Å². The van der Waals surface area contributed by atoms with Crippen molar-refractivity contribution in [3.05, 3.63) is 36.0 Å². The minimum Gasteiger partial charge on any atom is -0.493 e. The van der Waals surface area contributed by atoms with Crippen molar-refractivity contribution in [2.24, 2.45) is 0 Å². The van der Waals surface area contributed by atoms with Crippen LogP contribution >= 0.6 is 0 Å². The van der Waals surface area contributed by atoms with Crippen LogP contribution in [0.2, 0.25) is 0 Å². The fourth-order valence-electron chi connectivity index (χ4n) is 2.37. The van der Waals surface area contributed by atoms with Crippen LogP contribution in [-0.4, -0.2) is 99.2 Å². The van der Waals surface area contributed by atoms with Crippen LogP contribution < -0.4 is 0 Å². The summed E-state index contributed by atoms with van der Waals surface area (Å²) < 4.78 is 37.8. The minimum absolute atomic E-state index is 0.360. The van der Waals surface area contributed by atoms with Gasteiger partial charge in [0, 0.05) is 33.9 Å². The van der Waals surface area contributed by atoms with E-state index in [2.05, 4.69) is 11.5 Å². The molecule has 0 heterocycles. The standard InChI is InChI=1S/C21H39NO7/c1-7-19(25-5)21(20(8-2)26-6)29-18-17-28-16-15-27-14-11-22(9-12-23-3)10-13-24-4/h7-8H,1,9-18H2,2-6H3/b20-8+,21-19-. The molecule has 0 saturated heterocycles. The highest BCUT2D eigenvalue weighted by Gasteiger charge is 2.12. The van der Waals surface area contributed by atoms with Crippen LogP contribution in [0.3, 0.4) is 0 Å². The van der Waals surface area contributed by atoms with Gasteiger partial charge in [-0.2, -0.15) is 0 Å². The molecule has 0 aliphatic rings. The molecule has 0 saturated carbocycles. The lowest BCUT2D eigenvalue weighted by Crippen LogP contribution is -2.33. The normalized spacial score (nSPS) is 12.7. The number of hydrogen-bond acceptors (Lipinski definition) is 8. The molecule has 0 atom stereocenters. The monoisotopic (exact) mass is 417 g/mol. The largest absolute Gasteiger partial charge is 0.493 e. The third-order valence-corrected chi connectivity index (χ3v) is 3.96. The molecule has 0 aliphatic heterocycles. The Morgan fingerprint density at radius 3 is 1.79 bits per heavy atom. The van der Waals surface area contributed by atoms with Gasteiger partial charge >= 0.3 is 0 Å². The summed E-state index contributed by atoms with van der Waals surface area (Å²) in [5, 5.41) is 0. The summed E-state index contributed by atoms with van der Waals surface area (Å²) in [4.78, 5) is 2.25. The molecule has 0 aromatic heterocycles. The number of methoxy groups -OCH3 is 4. The summed E-state index contributed by atoms with van der Waals surface area (Å²) in [6, 6.07) is 0. The van der Waals surface area contributed by atoms with Crippen molar-refractivity contribution in [3.8, 4) is 0 Å². The lowest BCUT2D eigenvalue weighted by Gasteiger charge is -2.21. The Labute approximate surface area is 176 Å². The highest BCUT2D eigenvalue weighted by molar-refractivity contribution is 5.28. The van der Waals surface area contributed by atoms with Crippen molar-refractivity contribution in [2.75, 3.05) is 94.3 Å². The van der Waals surface area contributed by atoms with Gasteiger partial charge in [0.25, 0.3) is 0 Å². The smallest absolute Gasteiger partial charge is 0.203 e. The van der Waals surface area contributed by atoms with Crippen molar-refractivity contribution in [1.29, 1.82) is 0 Å². The molecule has 8 nitrogen and oxygen atoms in total. The quantitative estimate of drug-likeness (QED) is 0.170. The molecule has 170 valence electrons. The van der Waals surface area contributed by atoms with Gasteiger partial charge in [0.2, 0.25) is 5.76 Å². The van der Waals surface area contributed by atoms with Crippen molar-refractivity contribution >= 4 is 0 Å². The first-order chi connectivity index (χ1) is 14.2. The van der Waals surface area contributed by atoms with Gasteiger partial charge in [-0.15, -0.1) is 0 Å². The predicted molar refractivity (Wildman–Crippen MR) is 113 cm³/mol. The maximum atomic E-state index is 5.76. The molecule has 0 rings (SSSR count). The van der Waals surface area contributed by atoms with Gasteiger partial charge in [0.1, 0.15) is 6.61 Å². The van der Waals surface area contributed by atoms with Gasteiger partial charge in [-0.1, -0.05) is 6.58 Å². The molecule has 29 heavy (non-hydrogen) atoms. The van der Waals surface area contributed by atoms with Crippen molar-refractivity contribution in [1.82, 2.24) is 4.90 Å². The summed E-state index contributed by atoms with van der Waals surface area (Å²) in [6.45, 7) is 12.0. The maximum Gasteiger partial charge on any atom is 0.203 e. The van der Waals surface area contributed by atoms with Crippen molar-refractivity contribution in [3.63, 3.8) is 0 Å². The molecule has 0 aromatic carbocycles. The maximum absolute atomic E-state index is 5.76. The van der Waals surface area contributed by atoms with Crippen LogP contribution in [0.4, 0.5) is 0 Å². The molecule has 0 amide bonds. The van der Waals surface area contributed by atoms with E-state index in [-0.39, 0.29) is 0 Å². The molecule has 0 aliphatic carbocycles. The molecular weight excluding hydrogens is 378 g/mol. The van der Waals surface area contributed by atoms with Gasteiger partial charge in [-0.25, -0.2) is 0 Å². The lowest BCUT2D eigenvalue weighted by molar-refractivity contribution is 0.0157. The fraction of sp³-hybridized carbons (Fsp3) is 0.714. The zero-order valence-electron chi connectivity index (χ0n) is 18.7. The third-order valence-electron chi connectivity index (χ3n) is 3.96. The van der Waals surface area contributed by atoms with E-state index < -0.39 is 0 Å². The van der Waals surface area contributed by atoms with E-state index in [0.717, 1.165) is 19.6 Å². The van der Waals surface area contributed by atoms with Crippen LogP contribution in [0, 0.1) is 0 Å². The molecule has 0 spiro atoms. The zero-order valence-corrected chi connectivity index (χ0v) is 18.7. The van der Waals surface area contributed by atoms with Gasteiger partial charge in [0.15, 0.2) is 11.5 Å². The van der Waals surface area contributed by atoms with Gasteiger partial charge in [0.05, 0.1) is 53.9 Å². The van der Waals surface area contributed by atoms with Gasteiger partial charge in [-0.05, 0) is 19.1 Å². The molecule has 0 fully saturated rings. The fourth-order valence-corrected chi connectivity index (χ4v) is 2.37. The van der Waals surface area contributed by atoms with Crippen LogP contribution in [0.25, 0.3) is 0 Å². The number of allylic oxidation sites excluding steroid dienone is 2. The number of hydrogen-bond donors (Lipinski definition) is 0. The summed E-state index contributed by atoms with van der Waals surface area (Å²) in [5.74, 6) is 1.59. The second-order valence-corrected chi connectivity index (χ2v) is 5.86. The molecule has 0 radical (unpaired) electrons. The zero-order chi connectivity index (χ0) is 21.7. The Kier molecular flexibility index (Phi) is 18.6. The van der Waals surface area contributed by atoms with E-state index in [0.29, 0.717) is 63.5 Å². The highest BCUT2D eigenvalue weighted by Crippen LogP contribution is 2.18. The highest BCUT2D eigenvalue weighted by atomic mass is 16.6. The molecule has 0 bridgehead atoms.